The highest BCUT2D eigenvalue weighted by Gasteiger charge is 2.26. The van der Waals surface area contributed by atoms with Gasteiger partial charge in [0.1, 0.15) is 10.8 Å². The van der Waals surface area contributed by atoms with E-state index in [0.717, 1.165) is 11.3 Å². The number of rotatable bonds is 6. The van der Waals surface area contributed by atoms with Crippen molar-refractivity contribution in [1.82, 2.24) is 10.3 Å². The van der Waals surface area contributed by atoms with Crippen LogP contribution >= 0.6 is 11.3 Å². The number of para-hydroxylation sites is 1. The molecule has 1 aliphatic heterocycles. The van der Waals surface area contributed by atoms with Gasteiger partial charge in [0.15, 0.2) is 11.8 Å². The standard InChI is InChI=1S/C18H20N2O5S/c1-11(25-18(22)14-10-26-16(19-14)9-23-2)17(21)20-13-7-8-24-15-6-4-3-5-12(13)15/h3-6,10-11,13H,7-9H2,1-2H3,(H,20,21). The molecular formula is C18H20N2O5S. The molecule has 1 aromatic heterocycles. The highest BCUT2D eigenvalue weighted by molar-refractivity contribution is 7.09. The Balaban J connectivity index is 1.59. The fraction of sp³-hybridized carbons (Fsp3) is 0.389. The third-order valence-corrected chi connectivity index (χ3v) is 4.78. The van der Waals surface area contributed by atoms with Crippen LogP contribution in [-0.4, -0.2) is 36.7 Å². The van der Waals surface area contributed by atoms with Gasteiger partial charge in [-0.25, -0.2) is 9.78 Å². The summed E-state index contributed by atoms with van der Waals surface area (Å²) in [7, 11) is 1.56. The zero-order chi connectivity index (χ0) is 18.5. The maximum Gasteiger partial charge on any atom is 0.358 e. The van der Waals surface area contributed by atoms with E-state index in [0.29, 0.717) is 24.6 Å². The lowest BCUT2D eigenvalue weighted by molar-refractivity contribution is -0.130. The number of aromatic nitrogens is 1. The Kier molecular flexibility index (Phi) is 5.85. The van der Waals surface area contributed by atoms with Crippen molar-refractivity contribution in [3.63, 3.8) is 0 Å². The summed E-state index contributed by atoms with van der Waals surface area (Å²) in [6.45, 7) is 2.40. The van der Waals surface area contributed by atoms with Gasteiger partial charge in [-0.3, -0.25) is 4.79 Å². The molecule has 0 saturated carbocycles. The average Bonchev–Trinajstić information content (AvgIpc) is 3.11. The maximum absolute atomic E-state index is 12.4. The van der Waals surface area contributed by atoms with Crippen molar-refractivity contribution >= 4 is 23.2 Å². The van der Waals surface area contributed by atoms with Crippen LogP contribution in [0, 0.1) is 0 Å². The van der Waals surface area contributed by atoms with Crippen LogP contribution in [0.3, 0.4) is 0 Å². The van der Waals surface area contributed by atoms with Crippen LogP contribution in [0.2, 0.25) is 0 Å². The van der Waals surface area contributed by atoms with Gasteiger partial charge in [0.05, 0.1) is 19.3 Å². The number of nitrogens with one attached hydrogen (secondary N) is 1. The number of hydrogen-bond donors (Lipinski definition) is 1. The second-order valence-electron chi connectivity index (χ2n) is 5.84. The molecule has 1 N–H and O–H groups in total. The topological polar surface area (TPSA) is 86.8 Å². The summed E-state index contributed by atoms with van der Waals surface area (Å²) >= 11 is 1.31. The third-order valence-electron chi connectivity index (χ3n) is 3.96. The minimum Gasteiger partial charge on any atom is -0.493 e. The van der Waals surface area contributed by atoms with Gasteiger partial charge in [0.2, 0.25) is 0 Å². The number of hydrogen-bond acceptors (Lipinski definition) is 7. The summed E-state index contributed by atoms with van der Waals surface area (Å²) in [6.07, 6.45) is -0.263. The minimum atomic E-state index is -0.926. The number of esters is 1. The Labute approximate surface area is 155 Å². The molecule has 0 spiro atoms. The highest BCUT2D eigenvalue weighted by atomic mass is 32.1. The van der Waals surface area contributed by atoms with Crippen molar-refractivity contribution in [2.75, 3.05) is 13.7 Å². The van der Waals surface area contributed by atoms with Gasteiger partial charge in [0, 0.05) is 24.5 Å². The summed E-state index contributed by atoms with van der Waals surface area (Å²) in [5.41, 5.74) is 1.10. The number of nitrogens with zero attached hydrogens (tertiary/aromatic N) is 1. The van der Waals surface area contributed by atoms with Gasteiger partial charge >= 0.3 is 5.97 Å². The molecule has 26 heavy (non-hydrogen) atoms. The predicted molar refractivity (Wildman–Crippen MR) is 95.1 cm³/mol. The summed E-state index contributed by atoms with van der Waals surface area (Å²) in [5, 5.41) is 5.19. The lowest BCUT2D eigenvalue weighted by atomic mass is 10.0. The van der Waals surface area contributed by atoms with E-state index in [1.54, 1.807) is 19.4 Å². The largest absolute Gasteiger partial charge is 0.493 e. The number of methoxy groups -OCH3 is 1. The Hall–Kier alpha value is -2.45. The molecule has 0 radical (unpaired) electrons. The molecule has 1 aromatic carbocycles. The normalized spacial score (nSPS) is 16.9. The van der Waals surface area contributed by atoms with Crippen LogP contribution in [0.5, 0.6) is 5.75 Å². The molecule has 138 valence electrons. The number of amides is 1. The number of carbonyl (C=O) groups excluding carboxylic acids is 2. The molecule has 0 aliphatic carbocycles. The second-order valence-corrected chi connectivity index (χ2v) is 6.79. The second kappa shape index (κ2) is 8.29. The number of fused-ring (bicyclic) bond motifs is 1. The molecule has 7 nitrogen and oxygen atoms in total. The first-order valence-electron chi connectivity index (χ1n) is 8.25. The van der Waals surface area contributed by atoms with Gasteiger partial charge in [-0.2, -0.15) is 0 Å². The first-order chi connectivity index (χ1) is 12.6. The van der Waals surface area contributed by atoms with E-state index in [1.165, 1.54) is 11.3 Å². The SMILES string of the molecule is COCc1nc(C(=O)OC(C)C(=O)NC2CCOc3ccccc32)cs1. The van der Waals surface area contributed by atoms with Gasteiger partial charge < -0.3 is 19.5 Å². The fourth-order valence-electron chi connectivity index (χ4n) is 2.65. The minimum absolute atomic E-state index is 0.166. The first kappa shape index (κ1) is 18.3. The molecule has 0 fully saturated rings. The molecule has 2 heterocycles. The van der Waals surface area contributed by atoms with E-state index < -0.39 is 12.1 Å². The number of carbonyl (C=O) groups is 2. The average molecular weight is 376 g/mol. The monoisotopic (exact) mass is 376 g/mol. The van der Waals surface area contributed by atoms with Crippen LogP contribution in [-0.2, 0) is 20.9 Å². The molecule has 0 bridgehead atoms. The molecule has 8 heteroatoms. The highest BCUT2D eigenvalue weighted by Crippen LogP contribution is 2.31. The van der Waals surface area contributed by atoms with Crippen molar-refractivity contribution in [2.45, 2.75) is 32.1 Å². The molecular weight excluding hydrogens is 356 g/mol. The van der Waals surface area contributed by atoms with Crippen LogP contribution in [0.4, 0.5) is 0 Å². The van der Waals surface area contributed by atoms with E-state index in [-0.39, 0.29) is 17.6 Å². The van der Waals surface area contributed by atoms with Crippen molar-refractivity contribution < 1.29 is 23.8 Å². The summed E-state index contributed by atoms with van der Waals surface area (Å²) in [5.74, 6) is -0.215. The van der Waals surface area contributed by atoms with Crippen molar-refractivity contribution in [2.24, 2.45) is 0 Å². The van der Waals surface area contributed by atoms with Gasteiger partial charge in [-0.15, -0.1) is 11.3 Å². The smallest absolute Gasteiger partial charge is 0.358 e. The predicted octanol–water partition coefficient (Wildman–Crippen LogP) is 2.47. The summed E-state index contributed by atoms with van der Waals surface area (Å²) in [4.78, 5) is 28.7. The summed E-state index contributed by atoms with van der Waals surface area (Å²) in [6, 6.07) is 7.41. The number of ether oxygens (including phenoxy) is 3. The van der Waals surface area contributed by atoms with Crippen LogP contribution in [0.15, 0.2) is 29.6 Å². The van der Waals surface area contributed by atoms with Crippen LogP contribution in [0.25, 0.3) is 0 Å². The molecule has 3 rings (SSSR count). The van der Waals surface area contributed by atoms with Gasteiger partial charge in [-0.1, -0.05) is 18.2 Å². The molecule has 2 aromatic rings. The van der Waals surface area contributed by atoms with Gasteiger partial charge in [-0.05, 0) is 13.0 Å². The third kappa shape index (κ3) is 4.20. The van der Waals surface area contributed by atoms with Crippen molar-refractivity contribution in [3.8, 4) is 5.75 Å². The quantitative estimate of drug-likeness (QED) is 0.780. The van der Waals surface area contributed by atoms with Crippen LogP contribution < -0.4 is 10.1 Å². The molecule has 2 atom stereocenters. The van der Waals surface area contributed by atoms with E-state index >= 15 is 0 Å². The van der Waals surface area contributed by atoms with Crippen LogP contribution in [0.1, 0.15) is 40.4 Å². The lowest BCUT2D eigenvalue weighted by Crippen LogP contribution is -2.39. The van der Waals surface area contributed by atoms with E-state index in [2.05, 4.69) is 10.3 Å². The Bertz CT molecular complexity index is 791. The van der Waals surface area contributed by atoms with Crippen molar-refractivity contribution in [1.29, 1.82) is 0 Å². The Morgan fingerprint density at radius 1 is 1.42 bits per heavy atom. The number of benzene rings is 1. The number of thiazole rings is 1. The Morgan fingerprint density at radius 2 is 2.23 bits per heavy atom. The van der Waals surface area contributed by atoms with E-state index in [4.69, 9.17) is 14.2 Å². The first-order valence-corrected chi connectivity index (χ1v) is 9.13. The van der Waals surface area contributed by atoms with E-state index in [1.807, 2.05) is 24.3 Å². The van der Waals surface area contributed by atoms with Gasteiger partial charge in [0.25, 0.3) is 5.91 Å². The Morgan fingerprint density at radius 3 is 3.04 bits per heavy atom. The molecule has 2 unspecified atom stereocenters. The zero-order valence-electron chi connectivity index (χ0n) is 14.6. The zero-order valence-corrected chi connectivity index (χ0v) is 15.4. The molecule has 0 saturated heterocycles. The molecule has 1 aliphatic rings. The summed E-state index contributed by atoms with van der Waals surface area (Å²) < 4.78 is 15.8. The van der Waals surface area contributed by atoms with E-state index in [9.17, 15) is 9.59 Å². The maximum atomic E-state index is 12.4. The van der Waals surface area contributed by atoms with Crippen molar-refractivity contribution in [3.05, 3.63) is 45.9 Å². The fourth-order valence-corrected chi connectivity index (χ4v) is 3.38. The lowest BCUT2D eigenvalue weighted by Gasteiger charge is -2.27. The molecule has 1 amide bonds.